The number of thiazole rings is 1. The molecule has 0 bridgehead atoms. The molecule has 1 aliphatic rings. The number of anilines is 1. The molecular weight excluding hydrogens is 314 g/mol. The first-order valence-electron chi connectivity index (χ1n) is 7.21. The third kappa shape index (κ3) is 3.98. The lowest BCUT2D eigenvalue weighted by atomic mass is 10.0. The monoisotopic (exact) mass is 331 g/mol. The minimum atomic E-state index is -0.446. The normalized spacial score (nSPS) is 16.3. The van der Waals surface area contributed by atoms with Crippen LogP contribution in [0.1, 0.15) is 17.0 Å². The van der Waals surface area contributed by atoms with Gasteiger partial charge in [0.05, 0.1) is 5.69 Å². The summed E-state index contributed by atoms with van der Waals surface area (Å²) in [6.45, 7) is 0. The van der Waals surface area contributed by atoms with Gasteiger partial charge in [0.25, 0.3) is 0 Å². The van der Waals surface area contributed by atoms with Gasteiger partial charge in [-0.2, -0.15) is 4.99 Å². The van der Waals surface area contributed by atoms with Crippen LogP contribution in [0.2, 0.25) is 0 Å². The maximum Gasteiger partial charge on any atom is 0.411 e. The van der Waals surface area contributed by atoms with Crippen LogP contribution in [-0.2, 0) is 17.6 Å². The lowest BCUT2D eigenvalue weighted by molar-refractivity contribution is 0.102. The SMILES string of the molecule is NC(N)=Nc1nc2c(s1)CC(OC(=O)Nc1ccccc1)CC2. The Labute approximate surface area is 137 Å². The van der Waals surface area contributed by atoms with Crippen LogP contribution in [0.3, 0.4) is 0 Å². The van der Waals surface area contributed by atoms with E-state index >= 15 is 0 Å². The van der Waals surface area contributed by atoms with Gasteiger partial charge in [0, 0.05) is 17.0 Å². The molecule has 120 valence electrons. The zero-order valence-electron chi connectivity index (χ0n) is 12.4. The molecule has 1 unspecified atom stereocenters. The zero-order chi connectivity index (χ0) is 16.2. The zero-order valence-corrected chi connectivity index (χ0v) is 13.2. The summed E-state index contributed by atoms with van der Waals surface area (Å²) < 4.78 is 5.49. The molecule has 1 aliphatic carbocycles. The highest BCUT2D eigenvalue weighted by molar-refractivity contribution is 7.15. The highest BCUT2D eigenvalue weighted by atomic mass is 32.1. The number of nitrogens with one attached hydrogen (secondary N) is 1. The topological polar surface area (TPSA) is 116 Å². The molecule has 8 heteroatoms. The standard InChI is InChI=1S/C15H17N5O2S/c16-13(17)20-14-19-11-7-6-10(8-12(11)23-14)22-15(21)18-9-4-2-1-3-5-9/h1-5,10H,6-8H2,(H,18,21)(H4,16,17,19,20). The number of fused-ring (bicyclic) bond motifs is 1. The number of nitrogens with two attached hydrogens (primary N) is 2. The molecule has 3 rings (SSSR count). The van der Waals surface area contributed by atoms with Crippen molar-refractivity contribution in [2.75, 3.05) is 5.32 Å². The molecule has 0 spiro atoms. The van der Waals surface area contributed by atoms with E-state index in [1.54, 1.807) is 0 Å². The maximum atomic E-state index is 11.9. The predicted molar refractivity (Wildman–Crippen MR) is 89.9 cm³/mol. The number of aliphatic imine (C=N–C) groups is 1. The Bertz CT molecular complexity index is 725. The van der Waals surface area contributed by atoms with Crippen molar-refractivity contribution in [3.8, 4) is 0 Å². The number of aryl methyl sites for hydroxylation is 1. The number of nitrogens with zero attached hydrogens (tertiary/aromatic N) is 2. The summed E-state index contributed by atoms with van der Waals surface area (Å²) in [4.78, 5) is 21.4. The molecule has 23 heavy (non-hydrogen) atoms. The number of hydrogen-bond donors (Lipinski definition) is 3. The van der Waals surface area contributed by atoms with Crippen molar-refractivity contribution in [3.63, 3.8) is 0 Å². The van der Waals surface area contributed by atoms with Crippen LogP contribution in [0.4, 0.5) is 15.6 Å². The third-order valence-electron chi connectivity index (χ3n) is 3.40. The molecule has 0 fully saturated rings. The number of rotatable bonds is 3. The van der Waals surface area contributed by atoms with E-state index in [0.29, 0.717) is 17.2 Å². The Hall–Kier alpha value is -2.61. The van der Waals surface area contributed by atoms with Gasteiger partial charge in [0.2, 0.25) is 5.13 Å². The van der Waals surface area contributed by atoms with E-state index in [-0.39, 0.29) is 12.1 Å². The lowest BCUT2D eigenvalue weighted by Gasteiger charge is -2.21. The summed E-state index contributed by atoms with van der Waals surface area (Å²) in [5.41, 5.74) is 12.4. The van der Waals surface area contributed by atoms with Gasteiger partial charge in [-0.3, -0.25) is 5.32 Å². The van der Waals surface area contributed by atoms with Crippen molar-refractivity contribution < 1.29 is 9.53 Å². The van der Waals surface area contributed by atoms with E-state index in [9.17, 15) is 4.79 Å². The number of ether oxygens (including phenoxy) is 1. The van der Waals surface area contributed by atoms with Crippen LogP contribution >= 0.6 is 11.3 Å². The maximum absolute atomic E-state index is 11.9. The number of para-hydroxylation sites is 1. The smallest absolute Gasteiger partial charge is 0.411 e. The Balaban J connectivity index is 1.60. The number of hydrogen-bond acceptors (Lipinski definition) is 5. The Morgan fingerprint density at radius 1 is 1.35 bits per heavy atom. The van der Waals surface area contributed by atoms with Gasteiger partial charge in [-0.1, -0.05) is 29.5 Å². The van der Waals surface area contributed by atoms with Crippen molar-refractivity contribution in [1.29, 1.82) is 0 Å². The molecule has 1 amide bonds. The third-order valence-corrected chi connectivity index (χ3v) is 4.42. The molecule has 1 aromatic carbocycles. The highest BCUT2D eigenvalue weighted by Gasteiger charge is 2.25. The second kappa shape index (κ2) is 6.66. The van der Waals surface area contributed by atoms with Gasteiger partial charge in [-0.05, 0) is 25.0 Å². The summed E-state index contributed by atoms with van der Waals surface area (Å²) in [6, 6.07) is 9.21. The molecule has 0 saturated carbocycles. The average molecular weight is 331 g/mol. The molecule has 0 saturated heterocycles. The predicted octanol–water partition coefficient (Wildman–Crippen LogP) is 2.15. The second-order valence-electron chi connectivity index (χ2n) is 5.16. The Kier molecular flexibility index (Phi) is 4.42. The quantitative estimate of drug-likeness (QED) is 0.589. The van der Waals surface area contributed by atoms with Crippen LogP contribution in [0.5, 0.6) is 0 Å². The minimum absolute atomic E-state index is 0.00821. The van der Waals surface area contributed by atoms with E-state index in [2.05, 4.69) is 15.3 Å². The first-order valence-corrected chi connectivity index (χ1v) is 8.02. The van der Waals surface area contributed by atoms with Crippen molar-refractivity contribution >= 4 is 34.2 Å². The molecule has 0 radical (unpaired) electrons. The molecule has 2 aromatic rings. The molecule has 0 aliphatic heterocycles. The molecule has 1 atom stereocenters. The number of aromatic nitrogens is 1. The summed E-state index contributed by atoms with van der Waals surface area (Å²) in [5, 5.41) is 3.26. The van der Waals surface area contributed by atoms with Gasteiger partial charge in [0.1, 0.15) is 6.10 Å². The van der Waals surface area contributed by atoms with E-state index in [0.717, 1.165) is 23.4 Å². The van der Waals surface area contributed by atoms with E-state index in [4.69, 9.17) is 16.2 Å². The van der Waals surface area contributed by atoms with Crippen molar-refractivity contribution in [2.24, 2.45) is 16.5 Å². The van der Waals surface area contributed by atoms with E-state index in [1.807, 2.05) is 30.3 Å². The fourth-order valence-corrected chi connectivity index (χ4v) is 3.47. The van der Waals surface area contributed by atoms with Gasteiger partial charge in [-0.15, -0.1) is 0 Å². The van der Waals surface area contributed by atoms with Crippen LogP contribution < -0.4 is 16.8 Å². The van der Waals surface area contributed by atoms with Crippen molar-refractivity contribution in [3.05, 3.63) is 40.9 Å². The number of amides is 1. The first kappa shape index (κ1) is 15.3. The number of carbonyl (C=O) groups excluding carboxylic acids is 1. The van der Waals surface area contributed by atoms with Crippen molar-refractivity contribution in [2.45, 2.75) is 25.4 Å². The Morgan fingerprint density at radius 3 is 2.87 bits per heavy atom. The fraction of sp³-hybridized carbons (Fsp3) is 0.267. The lowest BCUT2D eigenvalue weighted by Crippen LogP contribution is -2.27. The fourth-order valence-electron chi connectivity index (χ4n) is 2.41. The summed E-state index contributed by atoms with van der Waals surface area (Å²) >= 11 is 1.43. The molecule has 1 aromatic heterocycles. The largest absolute Gasteiger partial charge is 0.446 e. The van der Waals surface area contributed by atoms with Gasteiger partial charge >= 0.3 is 6.09 Å². The number of carbonyl (C=O) groups is 1. The number of benzene rings is 1. The first-order chi connectivity index (χ1) is 11.1. The summed E-state index contributed by atoms with van der Waals surface area (Å²) in [6.07, 6.45) is 1.50. The van der Waals surface area contributed by atoms with Gasteiger partial charge < -0.3 is 16.2 Å². The van der Waals surface area contributed by atoms with Crippen molar-refractivity contribution in [1.82, 2.24) is 4.98 Å². The molecule has 1 heterocycles. The van der Waals surface area contributed by atoms with Crippen LogP contribution in [0.25, 0.3) is 0 Å². The summed E-state index contributed by atoms with van der Waals surface area (Å²) in [7, 11) is 0. The highest BCUT2D eigenvalue weighted by Crippen LogP contribution is 2.32. The van der Waals surface area contributed by atoms with Crippen LogP contribution in [-0.4, -0.2) is 23.1 Å². The molecular formula is C15H17N5O2S. The van der Waals surface area contributed by atoms with Gasteiger partial charge in [0.15, 0.2) is 5.96 Å². The molecule has 7 nitrogen and oxygen atoms in total. The van der Waals surface area contributed by atoms with Gasteiger partial charge in [-0.25, -0.2) is 9.78 Å². The molecule has 5 N–H and O–H groups in total. The van der Waals surface area contributed by atoms with Crippen LogP contribution in [0, 0.1) is 0 Å². The van der Waals surface area contributed by atoms with E-state index in [1.165, 1.54) is 11.3 Å². The second-order valence-corrected chi connectivity index (χ2v) is 6.23. The van der Waals surface area contributed by atoms with E-state index < -0.39 is 6.09 Å². The van der Waals surface area contributed by atoms with Crippen LogP contribution in [0.15, 0.2) is 35.3 Å². The Morgan fingerprint density at radius 2 is 2.13 bits per heavy atom. The average Bonchev–Trinajstić information content (AvgIpc) is 2.88. The minimum Gasteiger partial charge on any atom is -0.446 e. The summed E-state index contributed by atoms with van der Waals surface area (Å²) in [5.74, 6) is -0.00821. The number of guanidine groups is 1.